The number of hydrogen-bond acceptors (Lipinski definition) is 6. The molecule has 3 aromatic rings. The number of rotatable bonds is 5. The smallest absolute Gasteiger partial charge is 0.280 e. The number of hydrogen-bond donors (Lipinski definition) is 3. The Morgan fingerprint density at radius 3 is 2.64 bits per heavy atom. The van der Waals surface area contributed by atoms with Crippen LogP contribution in [-0.4, -0.2) is 76.3 Å². The highest BCUT2D eigenvalue weighted by Crippen LogP contribution is 2.26. The Hall–Kier alpha value is -3.24. The number of carbonyl (C=O) groups excluding carboxylic acids is 3. The van der Waals surface area contributed by atoms with E-state index in [9.17, 15) is 14.4 Å². The third-order valence-electron chi connectivity index (χ3n) is 7.42. The molecule has 3 N–H and O–H groups in total. The van der Waals surface area contributed by atoms with Gasteiger partial charge in [0.05, 0.1) is 17.8 Å². The molecule has 2 aliphatic rings. The number of aryl methyl sites for hydroxylation is 1. The highest BCUT2D eigenvalue weighted by molar-refractivity contribution is 7.13. The first-order valence-corrected chi connectivity index (χ1v) is 14.4. The van der Waals surface area contributed by atoms with Gasteiger partial charge in [-0.1, -0.05) is 32.4 Å². The summed E-state index contributed by atoms with van der Waals surface area (Å²) >= 11 is 1.43. The maximum atomic E-state index is 13.4. The van der Waals surface area contributed by atoms with Crippen molar-refractivity contribution >= 4 is 40.0 Å². The summed E-state index contributed by atoms with van der Waals surface area (Å²) in [6.45, 7) is 10.7. The van der Waals surface area contributed by atoms with Crippen LogP contribution < -0.4 is 10.6 Å². The van der Waals surface area contributed by atoms with Gasteiger partial charge in [0.15, 0.2) is 5.01 Å². The lowest BCUT2D eigenvalue weighted by Gasteiger charge is -2.39. The fourth-order valence-electron chi connectivity index (χ4n) is 5.33. The van der Waals surface area contributed by atoms with Gasteiger partial charge in [0.25, 0.3) is 11.8 Å². The number of nitrogens with zero attached hydrogens (tertiary/aromatic N) is 3. The number of carbonyl (C=O) groups is 3. The van der Waals surface area contributed by atoms with Crippen molar-refractivity contribution in [2.75, 3.05) is 26.7 Å². The molecular formula is C29H38N6O3S. The normalized spacial score (nSPS) is 20.1. The van der Waals surface area contributed by atoms with E-state index >= 15 is 0 Å². The molecule has 0 unspecified atom stereocenters. The highest BCUT2D eigenvalue weighted by atomic mass is 32.1. The molecule has 39 heavy (non-hydrogen) atoms. The lowest BCUT2D eigenvalue weighted by Crippen LogP contribution is -2.61. The zero-order valence-corrected chi connectivity index (χ0v) is 24.2. The molecule has 2 aromatic heterocycles. The lowest BCUT2D eigenvalue weighted by atomic mass is 9.90. The van der Waals surface area contributed by atoms with Crippen LogP contribution in [0.25, 0.3) is 10.9 Å². The first-order valence-electron chi connectivity index (χ1n) is 13.6. The minimum atomic E-state index is -0.436. The number of aromatic nitrogens is 2. The van der Waals surface area contributed by atoms with E-state index in [0.29, 0.717) is 36.6 Å². The number of nitrogens with one attached hydrogen (secondary N) is 3. The van der Waals surface area contributed by atoms with Crippen molar-refractivity contribution in [3.05, 3.63) is 51.1 Å². The van der Waals surface area contributed by atoms with Crippen molar-refractivity contribution in [3.63, 3.8) is 0 Å². The largest absolute Gasteiger partial charge is 0.351 e. The zero-order chi connectivity index (χ0) is 27.9. The van der Waals surface area contributed by atoms with Crippen LogP contribution in [0.3, 0.4) is 0 Å². The molecule has 1 aromatic carbocycles. The average Bonchev–Trinajstić information content (AvgIpc) is 3.47. The fraction of sp³-hybridized carbons (Fsp3) is 0.517. The molecular weight excluding hydrogens is 512 g/mol. The Labute approximate surface area is 233 Å². The predicted molar refractivity (Wildman–Crippen MR) is 153 cm³/mol. The zero-order valence-electron chi connectivity index (χ0n) is 23.4. The molecule has 10 heteroatoms. The van der Waals surface area contributed by atoms with Crippen LogP contribution in [-0.2, 0) is 17.8 Å². The molecule has 3 amide bonds. The maximum Gasteiger partial charge on any atom is 0.280 e. The van der Waals surface area contributed by atoms with Crippen molar-refractivity contribution in [3.8, 4) is 0 Å². The molecule has 0 spiro atoms. The van der Waals surface area contributed by atoms with E-state index in [2.05, 4.69) is 32.5 Å². The number of amides is 3. The first kappa shape index (κ1) is 27.3. The van der Waals surface area contributed by atoms with Gasteiger partial charge in [-0.3, -0.25) is 14.4 Å². The number of likely N-dealkylation sites (N-methyl/N-ethyl adjacent to an activating group) is 1. The monoisotopic (exact) mass is 550 g/mol. The second-order valence-corrected chi connectivity index (χ2v) is 13.3. The third-order valence-corrected chi connectivity index (χ3v) is 8.50. The van der Waals surface area contributed by atoms with Gasteiger partial charge in [-0.2, -0.15) is 0 Å². The third kappa shape index (κ3) is 6.33. The van der Waals surface area contributed by atoms with Crippen molar-refractivity contribution in [1.29, 1.82) is 0 Å². The van der Waals surface area contributed by atoms with Crippen LogP contribution in [0.5, 0.6) is 0 Å². The number of fused-ring (bicyclic) bond motifs is 2. The first-order chi connectivity index (χ1) is 18.4. The van der Waals surface area contributed by atoms with Gasteiger partial charge in [0.2, 0.25) is 5.91 Å². The van der Waals surface area contributed by atoms with Crippen molar-refractivity contribution in [2.45, 2.75) is 65.6 Å². The van der Waals surface area contributed by atoms with Gasteiger partial charge in [-0.15, -0.1) is 11.3 Å². The summed E-state index contributed by atoms with van der Waals surface area (Å²) < 4.78 is 0. The number of aromatic amines is 1. The second kappa shape index (κ2) is 10.7. The standard InChI is InChI=1S/C29H38N6O3S/c1-17-6-7-19-18(12-17)13-22(30-19)26(37)31-20-9-11-35(25(36)14-29(2,3)4)15-23(20)32-27(38)28-33-21-8-10-34(5)16-24(21)39-28/h6-7,12-13,20,23,30H,8-11,14-16H2,1-5H3,(H,31,37)(H,32,38)/t20-,23+/m0/s1. The van der Waals surface area contributed by atoms with Crippen LogP contribution >= 0.6 is 11.3 Å². The molecule has 1 saturated heterocycles. The molecule has 2 atom stereocenters. The van der Waals surface area contributed by atoms with E-state index in [0.717, 1.165) is 46.5 Å². The van der Waals surface area contributed by atoms with E-state index in [1.165, 1.54) is 11.3 Å². The number of likely N-dealkylation sites (tertiary alicyclic amines) is 1. The summed E-state index contributed by atoms with van der Waals surface area (Å²) in [7, 11) is 2.06. The lowest BCUT2D eigenvalue weighted by molar-refractivity contribution is -0.134. The summed E-state index contributed by atoms with van der Waals surface area (Å²) in [6.07, 6.45) is 1.80. The molecule has 0 bridgehead atoms. The summed E-state index contributed by atoms with van der Waals surface area (Å²) in [5, 5.41) is 7.67. The highest BCUT2D eigenvalue weighted by Gasteiger charge is 2.35. The summed E-state index contributed by atoms with van der Waals surface area (Å²) in [5.41, 5.74) is 3.36. The molecule has 4 heterocycles. The number of thiazole rings is 1. The van der Waals surface area contributed by atoms with Gasteiger partial charge >= 0.3 is 0 Å². The maximum absolute atomic E-state index is 13.4. The molecule has 0 radical (unpaired) electrons. The predicted octanol–water partition coefficient (Wildman–Crippen LogP) is 3.49. The van der Waals surface area contributed by atoms with Crippen LogP contribution in [0.15, 0.2) is 24.3 Å². The fourth-order valence-corrected chi connectivity index (χ4v) is 6.43. The van der Waals surface area contributed by atoms with Gasteiger partial charge in [-0.25, -0.2) is 4.98 Å². The van der Waals surface area contributed by atoms with Crippen molar-refractivity contribution in [1.82, 2.24) is 30.4 Å². The SMILES string of the molecule is Cc1ccc2[nH]c(C(=O)N[C@H]3CCN(C(=O)CC(C)(C)C)C[C@H]3NC(=O)c3nc4c(s3)CN(C)CC4)cc2c1. The van der Waals surface area contributed by atoms with Crippen LogP contribution in [0.4, 0.5) is 0 Å². The average molecular weight is 551 g/mol. The second-order valence-electron chi connectivity index (χ2n) is 12.2. The van der Waals surface area contributed by atoms with Gasteiger partial charge in [0, 0.05) is 54.8 Å². The minimum absolute atomic E-state index is 0.0604. The summed E-state index contributed by atoms with van der Waals surface area (Å²) in [4.78, 5) is 52.7. The Balaban J connectivity index is 1.33. The Morgan fingerprint density at radius 2 is 1.87 bits per heavy atom. The number of benzene rings is 1. The van der Waals surface area contributed by atoms with E-state index in [4.69, 9.17) is 0 Å². The van der Waals surface area contributed by atoms with Crippen molar-refractivity contribution in [2.24, 2.45) is 5.41 Å². The van der Waals surface area contributed by atoms with Crippen molar-refractivity contribution < 1.29 is 14.4 Å². The molecule has 5 rings (SSSR count). The van der Waals surface area contributed by atoms with E-state index < -0.39 is 6.04 Å². The molecule has 0 aliphatic carbocycles. The van der Waals surface area contributed by atoms with E-state index in [-0.39, 0.29) is 29.2 Å². The van der Waals surface area contributed by atoms with Gasteiger partial charge in [-0.05, 0) is 44.0 Å². The van der Waals surface area contributed by atoms with Crippen LogP contribution in [0.2, 0.25) is 0 Å². The molecule has 1 fully saturated rings. The quantitative estimate of drug-likeness (QED) is 0.451. The molecule has 9 nitrogen and oxygen atoms in total. The van der Waals surface area contributed by atoms with E-state index in [1.807, 2.05) is 56.9 Å². The molecule has 208 valence electrons. The number of piperidine rings is 1. The Bertz CT molecular complexity index is 1400. The Morgan fingerprint density at radius 1 is 1.10 bits per heavy atom. The minimum Gasteiger partial charge on any atom is -0.351 e. The van der Waals surface area contributed by atoms with Crippen LogP contribution in [0, 0.1) is 12.3 Å². The van der Waals surface area contributed by atoms with Crippen LogP contribution in [0.1, 0.15) is 70.0 Å². The van der Waals surface area contributed by atoms with E-state index in [1.54, 1.807) is 0 Å². The number of H-pyrrole nitrogens is 1. The Kier molecular flexibility index (Phi) is 7.52. The van der Waals surface area contributed by atoms with Gasteiger partial charge in [0.1, 0.15) is 5.69 Å². The van der Waals surface area contributed by atoms with Gasteiger partial charge < -0.3 is 25.4 Å². The molecule has 0 saturated carbocycles. The topological polar surface area (TPSA) is 110 Å². The summed E-state index contributed by atoms with van der Waals surface area (Å²) in [5.74, 6) is -0.423. The molecule has 2 aliphatic heterocycles. The summed E-state index contributed by atoms with van der Waals surface area (Å²) in [6, 6.07) is 7.10.